The van der Waals surface area contributed by atoms with Crippen LogP contribution >= 0.6 is 11.6 Å². The number of ketones is 1. The van der Waals surface area contributed by atoms with Gasteiger partial charge in [-0.1, -0.05) is 23.7 Å². The Kier molecular flexibility index (Phi) is 6.99. The number of nitrogens with one attached hydrogen (secondary N) is 1. The van der Waals surface area contributed by atoms with Crippen LogP contribution in [0.15, 0.2) is 77.7 Å². The van der Waals surface area contributed by atoms with Crippen molar-refractivity contribution in [2.24, 2.45) is 0 Å². The van der Waals surface area contributed by atoms with E-state index in [0.29, 0.717) is 27.6 Å². The number of ether oxygens (including phenoxy) is 2. The Hall–Kier alpha value is -3.29. The van der Waals surface area contributed by atoms with Crippen LogP contribution in [0.25, 0.3) is 6.08 Å². The van der Waals surface area contributed by atoms with Crippen LogP contribution in [0.2, 0.25) is 5.02 Å². The molecule has 0 aromatic heterocycles. The van der Waals surface area contributed by atoms with E-state index < -0.39 is 10.0 Å². The fourth-order valence-corrected chi connectivity index (χ4v) is 3.97. The Bertz CT molecular complexity index is 1220. The summed E-state index contributed by atoms with van der Waals surface area (Å²) >= 11 is 5.81. The van der Waals surface area contributed by atoms with Gasteiger partial charge in [0.15, 0.2) is 5.78 Å². The molecular formula is C23H20ClNO5S. The second-order valence-electron chi connectivity index (χ2n) is 6.45. The molecule has 0 heterocycles. The van der Waals surface area contributed by atoms with Crippen molar-refractivity contribution >= 4 is 39.2 Å². The molecular weight excluding hydrogens is 438 g/mol. The van der Waals surface area contributed by atoms with Crippen LogP contribution in [-0.2, 0) is 10.0 Å². The normalized spacial score (nSPS) is 11.3. The van der Waals surface area contributed by atoms with Gasteiger partial charge in [-0.05, 0) is 66.7 Å². The minimum Gasteiger partial charge on any atom is -0.497 e. The van der Waals surface area contributed by atoms with E-state index in [1.165, 1.54) is 43.5 Å². The average molecular weight is 458 g/mol. The van der Waals surface area contributed by atoms with Gasteiger partial charge in [-0.15, -0.1) is 0 Å². The van der Waals surface area contributed by atoms with E-state index >= 15 is 0 Å². The fourth-order valence-electron chi connectivity index (χ4n) is 2.80. The molecule has 0 aliphatic rings. The van der Waals surface area contributed by atoms with E-state index in [4.69, 9.17) is 21.1 Å². The number of methoxy groups -OCH3 is 2. The zero-order chi connectivity index (χ0) is 22.4. The van der Waals surface area contributed by atoms with E-state index in [2.05, 4.69) is 4.72 Å². The lowest BCUT2D eigenvalue weighted by Gasteiger charge is -2.09. The smallest absolute Gasteiger partial charge is 0.261 e. The molecule has 0 amide bonds. The highest BCUT2D eigenvalue weighted by Crippen LogP contribution is 2.25. The summed E-state index contributed by atoms with van der Waals surface area (Å²) in [5.41, 5.74) is 1.28. The van der Waals surface area contributed by atoms with Crippen molar-refractivity contribution < 1.29 is 22.7 Å². The van der Waals surface area contributed by atoms with Crippen LogP contribution in [0.3, 0.4) is 0 Å². The Morgan fingerprint density at radius 3 is 2.39 bits per heavy atom. The van der Waals surface area contributed by atoms with Crippen molar-refractivity contribution in [3.63, 3.8) is 0 Å². The zero-order valence-corrected chi connectivity index (χ0v) is 18.4. The molecule has 3 rings (SSSR count). The molecule has 3 aromatic carbocycles. The highest BCUT2D eigenvalue weighted by Gasteiger charge is 2.15. The van der Waals surface area contributed by atoms with Crippen LogP contribution in [0.5, 0.6) is 11.5 Å². The van der Waals surface area contributed by atoms with E-state index in [1.54, 1.807) is 49.6 Å². The molecule has 0 fully saturated rings. The van der Waals surface area contributed by atoms with Crippen LogP contribution in [0, 0.1) is 0 Å². The number of halogens is 1. The molecule has 0 aliphatic carbocycles. The first-order valence-electron chi connectivity index (χ1n) is 9.15. The number of carbonyl (C=O) groups is 1. The van der Waals surface area contributed by atoms with Crippen LogP contribution in [0.4, 0.5) is 5.69 Å². The highest BCUT2D eigenvalue weighted by molar-refractivity contribution is 7.92. The summed E-state index contributed by atoms with van der Waals surface area (Å²) in [6, 6.07) is 17.3. The standard InChI is InChI=1S/C23H20ClNO5S/c1-29-20-9-13-23(30-2)17(15-20)6-12-22(26)16-4-3-5-19(14-16)25-31(27,28)21-10-7-18(24)8-11-21/h3-15,25H,1-2H3/b12-6+. The first-order valence-corrected chi connectivity index (χ1v) is 11.0. The summed E-state index contributed by atoms with van der Waals surface area (Å²) in [4.78, 5) is 12.7. The maximum atomic E-state index is 12.6. The van der Waals surface area contributed by atoms with Crippen LogP contribution in [0.1, 0.15) is 15.9 Å². The molecule has 0 spiro atoms. The number of rotatable bonds is 8. The highest BCUT2D eigenvalue weighted by atomic mass is 35.5. The zero-order valence-electron chi connectivity index (χ0n) is 16.8. The molecule has 0 saturated carbocycles. The molecule has 8 heteroatoms. The van der Waals surface area contributed by atoms with E-state index in [-0.39, 0.29) is 16.4 Å². The topological polar surface area (TPSA) is 81.7 Å². The molecule has 1 N–H and O–H groups in total. The Morgan fingerprint density at radius 1 is 0.968 bits per heavy atom. The SMILES string of the molecule is COc1ccc(OC)c(/C=C/C(=O)c2cccc(NS(=O)(=O)c3ccc(Cl)cc3)c2)c1. The second kappa shape index (κ2) is 9.68. The predicted octanol–water partition coefficient (Wildman–Crippen LogP) is 5.05. The van der Waals surface area contributed by atoms with Crippen molar-refractivity contribution in [3.8, 4) is 11.5 Å². The molecule has 160 valence electrons. The van der Waals surface area contributed by atoms with Crippen LogP contribution in [-0.4, -0.2) is 28.4 Å². The monoisotopic (exact) mass is 457 g/mol. The van der Waals surface area contributed by atoms with Gasteiger partial charge in [-0.3, -0.25) is 9.52 Å². The summed E-state index contributed by atoms with van der Waals surface area (Å²) in [6.45, 7) is 0. The molecule has 0 saturated heterocycles. The largest absolute Gasteiger partial charge is 0.497 e. The maximum Gasteiger partial charge on any atom is 0.261 e. The van der Waals surface area contributed by atoms with Gasteiger partial charge in [0.1, 0.15) is 11.5 Å². The summed E-state index contributed by atoms with van der Waals surface area (Å²) in [5.74, 6) is 0.929. The quantitative estimate of drug-likeness (QED) is 0.378. The van der Waals surface area contributed by atoms with Crippen LogP contribution < -0.4 is 14.2 Å². The predicted molar refractivity (Wildman–Crippen MR) is 122 cm³/mol. The molecule has 0 unspecified atom stereocenters. The third kappa shape index (κ3) is 5.65. The van der Waals surface area contributed by atoms with Crippen molar-refractivity contribution in [1.82, 2.24) is 0 Å². The number of anilines is 1. The van der Waals surface area contributed by atoms with Gasteiger partial charge < -0.3 is 9.47 Å². The average Bonchev–Trinajstić information content (AvgIpc) is 2.77. The molecule has 0 bridgehead atoms. The Labute approximate surface area is 186 Å². The van der Waals surface area contributed by atoms with Gasteiger partial charge in [0, 0.05) is 21.8 Å². The fraction of sp³-hybridized carbons (Fsp3) is 0.0870. The van der Waals surface area contributed by atoms with Gasteiger partial charge >= 0.3 is 0 Å². The lowest BCUT2D eigenvalue weighted by molar-refractivity contribution is 0.104. The number of hydrogen-bond donors (Lipinski definition) is 1. The molecule has 0 atom stereocenters. The lowest BCUT2D eigenvalue weighted by atomic mass is 10.1. The number of sulfonamides is 1. The summed E-state index contributed by atoms with van der Waals surface area (Å²) in [7, 11) is -0.721. The number of hydrogen-bond acceptors (Lipinski definition) is 5. The third-order valence-corrected chi connectivity index (χ3v) is 6.02. The molecule has 0 aliphatic heterocycles. The summed E-state index contributed by atoms with van der Waals surface area (Å²) < 4.78 is 38.1. The summed E-state index contributed by atoms with van der Waals surface area (Å²) in [5, 5.41) is 0.436. The number of carbonyl (C=O) groups excluding carboxylic acids is 1. The molecule has 31 heavy (non-hydrogen) atoms. The summed E-state index contributed by atoms with van der Waals surface area (Å²) in [6.07, 6.45) is 3.01. The van der Waals surface area contributed by atoms with Crippen molar-refractivity contribution in [3.05, 3.63) is 89.0 Å². The van der Waals surface area contributed by atoms with Crippen molar-refractivity contribution in [1.29, 1.82) is 0 Å². The minimum atomic E-state index is -3.81. The van der Waals surface area contributed by atoms with E-state index in [9.17, 15) is 13.2 Å². The number of allylic oxidation sites excluding steroid dienone is 1. The first kappa shape index (κ1) is 22.4. The van der Waals surface area contributed by atoms with Gasteiger partial charge in [0.25, 0.3) is 10.0 Å². The maximum absolute atomic E-state index is 12.6. The van der Waals surface area contributed by atoms with Gasteiger partial charge in [-0.25, -0.2) is 8.42 Å². The Balaban J connectivity index is 1.81. The van der Waals surface area contributed by atoms with Gasteiger partial charge in [0.2, 0.25) is 0 Å². The van der Waals surface area contributed by atoms with Crippen molar-refractivity contribution in [2.45, 2.75) is 4.90 Å². The lowest BCUT2D eigenvalue weighted by Crippen LogP contribution is -2.13. The van der Waals surface area contributed by atoms with Gasteiger partial charge in [0.05, 0.1) is 19.1 Å². The number of benzene rings is 3. The molecule has 6 nitrogen and oxygen atoms in total. The molecule has 3 aromatic rings. The third-order valence-electron chi connectivity index (χ3n) is 4.37. The Morgan fingerprint density at radius 2 is 1.71 bits per heavy atom. The molecule has 0 radical (unpaired) electrons. The first-order chi connectivity index (χ1) is 14.8. The minimum absolute atomic E-state index is 0.0682. The van der Waals surface area contributed by atoms with Crippen molar-refractivity contribution in [2.75, 3.05) is 18.9 Å². The van der Waals surface area contributed by atoms with E-state index in [1.807, 2.05) is 0 Å². The van der Waals surface area contributed by atoms with E-state index in [0.717, 1.165) is 0 Å². The van der Waals surface area contributed by atoms with Gasteiger partial charge in [-0.2, -0.15) is 0 Å². The second-order valence-corrected chi connectivity index (χ2v) is 8.56.